The van der Waals surface area contributed by atoms with Crippen LogP contribution in [0.2, 0.25) is 10.0 Å². The maximum Gasteiger partial charge on any atom is 0.514 e. The number of nitro groups is 1. The number of pyridine rings is 2. The molecule has 0 unspecified atom stereocenters. The number of benzene rings is 5. The summed E-state index contributed by atoms with van der Waals surface area (Å²) >= 11 is 12.7. The van der Waals surface area contributed by atoms with Gasteiger partial charge in [-0.3, -0.25) is 38.9 Å². The van der Waals surface area contributed by atoms with Crippen LogP contribution in [0.25, 0.3) is 0 Å². The third-order valence-corrected chi connectivity index (χ3v) is 29.6. The minimum atomic E-state index is -1.26. The molecule has 32 nitrogen and oxygen atoms in total. The highest BCUT2D eigenvalue weighted by Crippen LogP contribution is 2.48. The molecule has 6 heterocycles. The smallest absolute Gasteiger partial charge is 0.495 e. The average molecular weight is 2050 g/mol. The molecule has 4 aliphatic rings. The molecule has 2 aromatic heterocycles. The number of aromatic nitrogens is 2. The molecule has 2 fully saturated rings. The Morgan fingerprint density at radius 3 is 1.37 bits per heavy atom. The highest BCUT2D eigenvalue weighted by atomic mass is 35.5. The summed E-state index contributed by atoms with van der Waals surface area (Å²) in [6, 6.07) is 39.6. The van der Waals surface area contributed by atoms with Gasteiger partial charge < -0.3 is 83.6 Å². The Balaban J connectivity index is 0.000000274. The van der Waals surface area contributed by atoms with Gasteiger partial charge >= 0.3 is 36.1 Å². The number of hydrogen-bond acceptors (Lipinski definition) is 30. The Labute approximate surface area is 843 Å². The lowest BCUT2D eigenvalue weighted by molar-refractivity contribution is -0.384. The van der Waals surface area contributed by atoms with Crippen molar-refractivity contribution in [2.75, 3.05) is 54.5 Å². The summed E-state index contributed by atoms with van der Waals surface area (Å²) in [5.41, 5.74) is 1.85. The number of ether oxygens (including phenoxy) is 11. The standard InChI is InChI=1S/C48H61ClN4O10S2.C44H50ClN3O13.C10H16N2S2/c1-29(2)23-38-44(56)61-36(13-12-14-39(54)52-35(25-32-18-21-37(59-9)34(49)24-32)43(55)51-27-47(4,5)45(57)62-38)30(3)41-42(63-41)33-19-16-31(17-20-33)26-60-46(58)53(8)28-48(6,7)65-64-40-15-10-11-22-50-40;1-25(2)20-36-41(51)59-34(26(3)38-39(61-38)29-13-10-27(11-14-29)23-57-43(53)58-31-17-15-30(16-18-31)48(54)55)8-7-9-37(49)47-33(22-28-12-19-35(56-6)32(45)21-28)40(50)46-24-44(4,5)42(52)60-36;1-10(2,8-11-3)14-13-9-6-4-5-7-12-9/h10-12,14-22,24,29-30,35-36,38,41-42H,13,23,25-28H2,1-9H3,(H,51,55)(H,52,54);7,9-19,21,25-26,33-34,36,38-39H,8,20,22-24H2,1-6H3,(H,46,50)(H,47,49);4-7,11H,8H2,1-3H3/b14-12+;9-7+;/t30-,35+,36-,38-,41-,42-;26-,33+,34-,36-,38-,39-;/m00./s1. The van der Waals surface area contributed by atoms with Crippen LogP contribution in [0.5, 0.6) is 17.2 Å². The number of cyclic esters (lactones) is 4. The number of nitro benzene ring substituents is 1. The molecule has 7 aromatic rings. The van der Waals surface area contributed by atoms with Crippen LogP contribution in [-0.4, -0.2) is 192 Å². The molecule has 0 bridgehead atoms. The second-order valence-corrected chi connectivity index (χ2v) is 44.2. The van der Waals surface area contributed by atoms with E-state index in [1.165, 1.54) is 50.6 Å². The normalized spacial score (nSPS) is 21.8. The Bertz CT molecular complexity index is 5420. The van der Waals surface area contributed by atoms with Gasteiger partial charge in [-0.25, -0.2) is 29.1 Å². The molecule has 12 atom stereocenters. The van der Waals surface area contributed by atoms with Crippen LogP contribution in [-0.2, 0) is 102 Å². The van der Waals surface area contributed by atoms with Gasteiger partial charge in [-0.1, -0.05) is 171 Å². The van der Waals surface area contributed by atoms with Gasteiger partial charge in [-0.05, 0) is 215 Å². The Morgan fingerprint density at radius 1 is 0.571 bits per heavy atom. The molecule has 0 aliphatic carbocycles. The van der Waals surface area contributed by atoms with Crippen LogP contribution in [0, 0.1) is 44.6 Å². The van der Waals surface area contributed by atoms with E-state index in [0.717, 1.165) is 33.3 Å². The van der Waals surface area contributed by atoms with Gasteiger partial charge in [0.1, 0.15) is 77.0 Å². The van der Waals surface area contributed by atoms with Crippen LogP contribution in [0.4, 0.5) is 15.3 Å². The second kappa shape index (κ2) is 53.2. The van der Waals surface area contributed by atoms with Crippen molar-refractivity contribution in [3.8, 4) is 17.2 Å². The van der Waals surface area contributed by atoms with Crippen LogP contribution in [0.1, 0.15) is 168 Å². The van der Waals surface area contributed by atoms with Crippen molar-refractivity contribution in [3.63, 3.8) is 0 Å². The molecule has 0 spiro atoms. The fourth-order valence-corrected chi connectivity index (χ4v) is 19.5. The number of rotatable bonds is 32. The van der Waals surface area contributed by atoms with Crippen LogP contribution in [0.15, 0.2) is 192 Å². The first kappa shape index (κ1) is 113. The number of carbonyl (C=O) groups excluding carboxylic acids is 10. The predicted molar refractivity (Wildman–Crippen MR) is 537 cm³/mol. The van der Waals surface area contributed by atoms with E-state index in [4.69, 9.17) is 75.3 Å². The fourth-order valence-electron chi connectivity index (χ4n) is 14.6. The summed E-state index contributed by atoms with van der Waals surface area (Å²) < 4.78 is 62.6. The van der Waals surface area contributed by atoms with E-state index in [0.29, 0.717) is 44.8 Å². The van der Waals surface area contributed by atoms with E-state index in [1.54, 1.807) is 139 Å². The molecule has 5 aromatic carbocycles. The van der Waals surface area contributed by atoms with Crippen molar-refractivity contribution in [3.05, 3.63) is 236 Å². The van der Waals surface area contributed by atoms with Gasteiger partial charge in [0.25, 0.3) is 5.69 Å². The molecule has 2 saturated heterocycles. The molecular formula is C102H127Cl2N9O23S4. The summed E-state index contributed by atoms with van der Waals surface area (Å²) in [4.78, 5) is 154. The first-order chi connectivity index (χ1) is 66.3. The van der Waals surface area contributed by atoms with Crippen LogP contribution >= 0.6 is 66.4 Å². The van der Waals surface area contributed by atoms with Crippen molar-refractivity contribution in [2.24, 2.45) is 34.5 Å². The number of hydrogen-bond donors (Lipinski definition) is 5. The van der Waals surface area contributed by atoms with Crippen molar-refractivity contribution in [1.29, 1.82) is 0 Å². The molecule has 0 saturated carbocycles. The quantitative estimate of drug-likeness (QED) is 0.00497. The third-order valence-electron chi connectivity index (χ3n) is 22.7. The van der Waals surface area contributed by atoms with Gasteiger partial charge in [0, 0.05) is 105 Å². The zero-order valence-electron chi connectivity index (χ0n) is 82.0. The van der Waals surface area contributed by atoms with E-state index in [2.05, 4.69) is 64.2 Å². The third kappa shape index (κ3) is 36.2. The number of methoxy groups -OCH3 is 2. The maximum absolute atomic E-state index is 13.9. The van der Waals surface area contributed by atoms with E-state index in [-0.39, 0.29) is 128 Å². The summed E-state index contributed by atoms with van der Waals surface area (Å²) in [7, 11) is 13.5. The Kier molecular flexibility index (Phi) is 42.8. The van der Waals surface area contributed by atoms with Gasteiger partial charge in [0.2, 0.25) is 23.6 Å². The van der Waals surface area contributed by atoms with Crippen molar-refractivity contribution >= 4 is 132 Å². The van der Waals surface area contributed by atoms with Gasteiger partial charge in [-0.2, -0.15) is 0 Å². The van der Waals surface area contributed by atoms with Gasteiger partial charge in [0.15, 0.2) is 12.2 Å². The van der Waals surface area contributed by atoms with Crippen molar-refractivity contribution in [2.45, 2.75) is 229 Å². The summed E-state index contributed by atoms with van der Waals surface area (Å²) in [5.74, 6) is -4.83. The van der Waals surface area contributed by atoms with E-state index >= 15 is 0 Å². The molecule has 4 aliphatic heterocycles. The monoisotopic (exact) mass is 2040 g/mol. The minimum absolute atomic E-state index is 0.0254. The largest absolute Gasteiger partial charge is 0.514 e. The van der Waals surface area contributed by atoms with Crippen LogP contribution < -0.4 is 40.8 Å². The highest BCUT2D eigenvalue weighted by molar-refractivity contribution is 8.77. The molecule has 140 heavy (non-hydrogen) atoms. The highest BCUT2D eigenvalue weighted by Gasteiger charge is 2.50. The number of nitrogens with one attached hydrogen (secondary N) is 5. The minimum Gasteiger partial charge on any atom is -0.495 e. The van der Waals surface area contributed by atoms with E-state index < -0.39 is 118 Å². The molecule has 38 heteroatoms. The second-order valence-electron chi connectivity index (χ2n) is 37.7. The lowest BCUT2D eigenvalue weighted by Crippen LogP contribution is -2.51. The number of esters is 4. The number of nitrogens with zero attached hydrogens (tertiary/aromatic N) is 4. The lowest BCUT2D eigenvalue weighted by atomic mass is 9.92. The molecular weight excluding hydrogens is 1920 g/mol. The van der Waals surface area contributed by atoms with E-state index in [9.17, 15) is 58.1 Å². The van der Waals surface area contributed by atoms with Crippen LogP contribution in [0.3, 0.4) is 0 Å². The first-order valence-corrected chi connectivity index (χ1v) is 51.0. The SMILES string of the molecule is CNCC(C)(C)SSc1ccccn1.COc1ccc(C[C@H]2NC(=O)/C=C/C[C@@H]([C@H](C)[C@@H]3O[C@H]3c3ccc(COC(=O)N(C)CC(C)(C)SSc4ccccn4)cc3)OC(=O)[C@H](CC(C)C)OC(=O)C(C)(C)CNC2=O)cc1Cl.COc1ccc(C[C@H]2NC(=O)/C=C/C[C@@H]([C@H](C)[C@@H]3O[C@H]3c3ccc(COC(=O)Oc4ccc([N+](=O)[O-])cc4)cc3)OC(=O)[C@H](CC(C)C)OC(=O)C(C)(C)CNC2=O)cc1Cl. The van der Waals surface area contributed by atoms with Crippen molar-refractivity contribution < 1.29 is 105 Å². The summed E-state index contributed by atoms with van der Waals surface area (Å²) in [5, 5.41) is 27.8. The van der Waals surface area contributed by atoms with E-state index in [1.807, 2.05) is 138 Å². The zero-order chi connectivity index (χ0) is 102. The maximum atomic E-state index is 13.9. The number of epoxide rings is 2. The fraction of sp³-hybridized carbons (Fsp3) is 0.471. The average Bonchev–Trinajstić information content (AvgIpc) is 1.63. The molecule has 5 N–H and O–H groups in total. The first-order valence-electron chi connectivity index (χ1n) is 45.9. The lowest BCUT2D eigenvalue weighted by Gasteiger charge is -2.29. The molecule has 5 amide bonds. The topological polar surface area (TPSA) is 411 Å². The summed E-state index contributed by atoms with van der Waals surface area (Å²) in [6.45, 7) is 27.5. The Morgan fingerprint density at radius 2 is 0.986 bits per heavy atom. The predicted octanol–water partition coefficient (Wildman–Crippen LogP) is 17.9. The Hall–Kier alpha value is -11.0. The van der Waals surface area contributed by atoms with Crippen molar-refractivity contribution in [1.82, 2.24) is 41.5 Å². The molecule has 0 radical (unpaired) electrons. The number of non-ortho nitro benzene ring substituents is 1. The number of carbonyl (C=O) groups is 10. The van der Waals surface area contributed by atoms with Gasteiger partial charge in [-0.15, -0.1) is 0 Å². The zero-order valence-corrected chi connectivity index (χ0v) is 86.7. The number of amides is 5. The molecule has 756 valence electrons. The number of halogens is 2. The molecule has 11 rings (SSSR count). The van der Waals surface area contributed by atoms with Gasteiger partial charge in [0.05, 0.1) is 52.2 Å². The summed E-state index contributed by atoms with van der Waals surface area (Å²) in [6.07, 6.45) is 3.28.